The molecule has 2 aromatic rings. The number of aromatic nitrogens is 2. The van der Waals surface area contributed by atoms with Gasteiger partial charge in [0.2, 0.25) is 11.9 Å². The fraction of sp³-hybridized carbons (Fsp3) is 0.652. The minimum absolute atomic E-state index is 0.173. The molecule has 0 aliphatic carbocycles. The van der Waals surface area contributed by atoms with Crippen LogP contribution in [0.4, 0.5) is 5.95 Å². The minimum atomic E-state index is 0.173. The number of nitrogens with one attached hydrogen (secondary N) is 1. The first-order valence-electron chi connectivity index (χ1n) is 11.2. The minimum Gasteiger partial charge on any atom is -0.353 e. The van der Waals surface area contributed by atoms with Crippen LogP contribution in [0.3, 0.4) is 0 Å². The predicted molar refractivity (Wildman–Crippen MR) is 117 cm³/mol. The third-order valence-corrected chi connectivity index (χ3v) is 5.98. The number of rotatable bonds is 9. The molecular weight excluding hydrogens is 348 g/mol. The van der Waals surface area contributed by atoms with Crippen molar-refractivity contribution in [2.75, 3.05) is 18.0 Å². The number of carbonyl (C=O) groups is 1. The van der Waals surface area contributed by atoms with E-state index < -0.39 is 0 Å². The highest BCUT2D eigenvalue weighted by atomic mass is 16.1. The molecule has 1 saturated heterocycles. The molecule has 1 aromatic heterocycles. The average Bonchev–Trinajstić information content (AvgIpc) is 3.08. The number of aryl methyl sites for hydroxylation is 1. The highest BCUT2D eigenvalue weighted by molar-refractivity contribution is 5.79. The van der Waals surface area contributed by atoms with E-state index in [2.05, 4.69) is 59.8 Å². The Morgan fingerprint density at radius 3 is 2.61 bits per heavy atom. The summed E-state index contributed by atoms with van der Waals surface area (Å²) in [4.78, 5) is 19.9. The maximum Gasteiger partial charge on any atom is 0.223 e. The second-order valence-electron chi connectivity index (χ2n) is 8.07. The summed E-state index contributed by atoms with van der Waals surface area (Å²) < 4.78 is 2.35. The van der Waals surface area contributed by atoms with Crippen molar-refractivity contribution in [3.63, 3.8) is 0 Å². The van der Waals surface area contributed by atoms with Crippen molar-refractivity contribution >= 4 is 22.9 Å². The van der Waals surface area contributed by atoms with Crippen LogP contribution < -0.4 is 10.2 Å². The van der Waals surface area contributed by atoms with Crippen LogP contribution in [0.1, 0.15) is 65.7 Å². The number of fused-ring (bicyclic) bond motifs is 1. The third-order valence-electron chi connectivity index (χ3n) is 5.98. The highest BCUT2D eigenvalue weighted by Gasteiger charge is 2.26. The second-order valence-corrected chi connectivity index (χ2v) is 8.07. The number of para-hydroxylation sites is 2. The van der Waals surface area contributed by atoms with Gasteiger partial charge in [-0.3, -0.25) is 4.79 Å². The van der Waals surface area contributed by atoms with Gasteiger partial charge in [0.1, 0.15) is 0 Å². The molecule has 1 aromatic carbocycles. The molecule has 1 unspecified atom stereocenters. The molecule has 28 heavy (non-hydrogen) atoms. The summed E-state index contributed by atoms with van der Waals surface area (Å²) in [6, 6.07) is 8.70. The van der Waals surface area contributed by atoms with Crippen LogP contribution in [-0.2, 0) is 11.3 Å². The predicted octanol–water partition coefficient (Wildman–Crippen LogP) is 4.75. The fourth-order valence-corrected chi connectivity index (χ4v) is 4.26. The molecule has 2 heterocycles. The van der Waals surface area contributed by atoms with Gasteiger partial charge in [0.05, 0.1) is 11.0 Å². The monoisotopic (exact) mass is 384 g/mol. The largest absolute Gasteiger partial charge is 0.353 e. The molecule has 1 aliphatic rings. The van der Waals surface area contributed by atoms with E-state index in [0.29, 0.717) is 6.04 Å². The van der Waals surface area contributed by atoms with Gasteiger partial charge < -0.3 is 14.8 Å². The quantitative estimate of drug-likeness (QED) is 0.679. The first-order valence-corrected chi connectivity index (χ1v) is 11.2. The summed E-state index contributed by atoms with van der Waals surface area (Å²) in [5.74, 6) is 1.52. The molecule has 1 aliphatic heterocycles. The molecule has 154 valence electrons. The summed E-state index contributed by atoms with van der Waals surface area (Å²) >= 11 is 0. The normalized spacial score (nSPS) is 16.5. The zero-order valence-electron chi connectivity index (χ0n) is 17.8. The van der Waals surface area contributed by atoms with Crippen LogP contribution in [-0.4, -0.2) is 34.6 Å². The van der Waals surface area contributed by atoms with Gasteiger partial charge in [0.15, 0.2) is 0 Å². The van der Waals surface area contributed by atoms with E-state index in [1.165, 1.54) is 5.52 Å². The highest BCUT2D eigenvalue weighted by Crippen LogP contribution is 2.26. The van der Waals surface area contributed by atoms with Gasteiger partial charge in [-0.1, -0.05) is 45.7 Å². The Morgan fingerprint density at radius 1 is 1.18 bits per heavy atom. The molecule has 3 rings (SSSR count). The summed E-state index contributed by atoms with van der Waals surface area (Å²) in [6.45, 7) is 9.41. The zero-order chi connectivity index (χ0) is 19.9. The number of imidazole rings is 1. The van der Waals surface area contributed by atoms with Gasteiger partial charge in [-0.15, -0.1) is 0 Å². The number of amides is 1. The lowest BCUT2D eigenvalue weighted by Gasteiger charge is -2.34. The van der Waals surface area contributed by atoms with Crippen molar-refractivity contribution in [3.8, 4) is 0 Å². The van der Waals surface area contributed by atoms with Gasteiger partial charge in [0, 0.05) is 31.6 Å². The Kier molecular flexibility index (Phi) is 7.35. The number of unbranched alkanes of at least 4 members (excludes halogenated alkanes) is 1. The third kappa shape index (κ3) is 4.68. The van der Waals surface area contributed by atoms with Crippen LogP contribution in [0.5, 0.6) is 0 Å². The Balaban J connectivity index is 1.62. The Hall–Kier alpha value is -2.04. The van der Waals surface area contributed by atoms with E-state index in [1.54, 1.807) is 0 Å². The smallest absolute Gasteiger partial charge is 0.223 e. The molecule has 0 saturated carbocycles. The lowest BCUT2D eigenvalue weighted by molar-refractivity contribution is -0.126. The number of anilines is 1. The lowest BCUT2D eigenvalue weighted by atomic mass is 9.97. The maximum atomic E-state index is 12.6. The molecule has 1 N–H and O–H groups in total. The summed E-state index contributed by atoms with van der Waals surface area (Å²) in [6.07, 6.45) is 7.32. The summed E-state index contributed by atoms with van der Waals surface area (Å²) in [5.41, 5.74) is 2.29. The van der Waals surface area contributed by atoms with Crippen LogP contribution in [0.15, 0.2) is 24.3 Å². The number of piperidine rings is 1. The lowest BCUT2D eigenvalue weighted by Crippen LogP contribution is -2.47. The number of benzene rings is 1. The van der Waals surface area contributed by atoms with Crippen molar-refractivity contribution in [2.45, 2.75) is 78.3 Å². The van der Waals surface area contributed by atoms with Gasteiger partial charge in [-0.05, 0) is 44.2 Å². The second kappa shape index (κ2) is 9.94. The molecule has 1 fully saturated rings. The Morgan fingerprint density at radius 2 is 1.93 bits per heavy atom. The standard InChI is InChI=1S/C23H36N4O/c1-4-7-10-18(6-3)22(28)24-19-13-16-26(17-14-19)23-25-20-11-8-9-12-21(20)27(23)15-5-2/h8-9,11-12,18-19H,4-7,10,13-17H2,1-3H3,(H,24,28). The zero-order valence-corrected chi connectivity index (χ0v) is 17.8. The van der Waals surface area contributed by atoms with E-state index in [-0.39, 0.29) is 11.8 Å². The summed E-state index contributed by atoms with van der Waals surface area (Å²) in [7, 11) is 0. The molecule has 0 bridgehead atoms. The average molecular weight is 385 g/mol. The number of carbonyl (C=O) groups excluding carboxylic acids is 1. The van der Waals surface area contributed by atoms with Crippen LogP contribution in [0.25, 0.3) is 11.0 Å². The van der Waals surface area contributed by atoms with E-state index in [9.17, 15) is 4.79 Å². The topological polar surface area (TPSA) is 50.2 Å². The van der Waals surface area contributed by atoms with E-state index >= 15 is 0 Å². The number of hydrogen-bond donors (Lipinski definition) is 1. The van der Waals surface area contributed by atoms with E-state index in [0.717, 1.165) is 76.0 Å². The fourth-order valence-electron chi connectivity index (χ4n) is 4.26. The SMILES string of the molecule is CCCCC(CC)C(=O)NC1CCN(c2nc3ccccc3n2CCC)CC1. The van der Waals surface area contributed by atoms with Gasteiger partial charge >= 0.3 is 0 Å². The van der Waals surface area contributed by atoms with Gasteiger partial charge in [0.25, 0.3) is 0 Å². The Labute approximate surface area is 169 Å². The van der Waals surface area contributed by atoms with Crippen molar-refractivity contribution in [1.82, 2.24) is 14.9 Å². The molecule has 1 atom stereocenters. The first-order chi connectivity index (χ1) is 13.7. The van der Waals surface area contributed by atoms with Crippen molar-refractivity contribution < 1.29 is 4.79 Å². The molecule has 1 amide bonds. The molecule has 5 heteroatoms. The molecular formula is C23H36N4O. The Bertz CT molecular complexity index is 761. The van der Waals surface area contributed by atoms with E-state index in [1.807, 2.05) is 0 Å². The van der Waals surface area contributed by atoms with Gasteiger partial charge in [-0.25, -0.2) is 4.98 Å². The van der Waals surface area contributed by atoms with Crippen LogP contribution >= 0.6 is 0 Å². The van der Waals surface area contributed by atoms with Gasteiger partial charge in [-0.2, -0.15) is 0 Å². The summed E-state index contributed by atoms with van der Waals surface area (Å²) in [5, 5.41) is 3.32. The van der Waals surface area contributed by atoms with Crippen molar-refractivity contribution in [1.29, 1.82) is 0 Å². The molecule has 5 nitrogen and oxygen atoms in total. The molecule has 0 spiro atoms. The van der Waals surface area contributed by atoms with Crippen LogP contribution in [0.2, 0.25) is 0 Å². The van der Waals surface area contributed by atoms with Crippen molar-refractivity contribution in [3.05, 3.63) is 24.3 Å². The number of nitrogens with zero attached hydrogens (tertiary/aromatic N) is 3. The van der Waals surface area contributed by atoms with Crippen LogP contribution in [0, 0.1) is 5.92 Å². The number of hydrogen-bond acceptors (Lipinski definition) is 3. The maximum absolute atomic E-state index is 12.6. The molecule has 0 radical (unpaired) electrons. The van der Waals surface area contributed by atoms with E-state index in [4.69, 9.17) is 4.98 Å². The van der Waals surface area contributed by atoms with Crippen molar-refractivity contribution in [2.24, 2.45) is 5.92 Å². The first kappa shape index (κ1) is 20.7.